The molecule has 3 nitrogen and oxygen atoms in total. The number of ether oxygens (including phenoxy) is 1. The second-order valence-corrected chi connectivity index (χ2v) is 3.84. The number of nitrogens with zero attached hydrogens (tertiary/aromatic N) is 1. The van der Waals surface area contributed by atoms with Gasteiger partial charge in [0.05, 0.1) is 0 Å². The van der Waals surface area contributed by atoms with E-state index in [4.69, 9.17) is 4.74 Å². The summed E-state index contributed by atoms with van der Waals surface area (Å²) < 4.78 is 5.21. The standard InChI is InChI=1S/C14H15NO2/c1-2-12-8-10-15(11-9-12)14(16)17-13-6-4-3-5-7-13/h3-12H,2H2,1H3. The molecular weight excluding hydrogens is 214 g/mol. The number of benzene rings is 1. The van der Waals surface area contributed by atoms with Crippen LogP contribution in [0.1, 0.15) is 13.3 Å². The molecule has 1 aromatic carbocycles. The normalized spacial score (nSPS) is 15.0. The molecule has 0 spiro atoms. The van der Waals surface area contributed by atoms with Crippen molar-refractivity contribution >= 4 is 6.09 Å². The van der Waals surface area contributed by atoms with Gasteiger partial charge in [-0.05, 0) is 24.5 Å². The van der Waals surface area contributed by atoms with E-state index in [2.05, 4.69) is 6.92 Å². The van der Waals surface area contributed by atoms with Gasteiger partial charge in [-0.25, -0.2) is 4.79 Å². The van der Waals surface area contributed by atoms with Gasteiger partial charge in [0, 0.05) is 12.4 Å². The van der Waals surface area contributed by atoms with Crippen molar-refractivity contribution in [2.24, 2.45) is 5.92 Å². The third-order valence-corrected chi connectivity index (χ3v) is 2.62. The van der Waals surface area contributed by atoms with E-state index in [1.807, 2.05) is 30.4 Å². The minimum atomic E-state index is -0.391. The van der Waals surface area contributed by atoms with Gasteiger partial charge >= 0.3 is 6.09 Å². The van der Waals surface area contributed by atoms with Crippen LogP contribution in [0.3, 0.4) is 0 Å². The van der Waals surface area contributed by atoms with Crippen LogP contribution in [0.4, 0.5) is 4.79 Å². The van der Waals surface area contributed by atoms with Crippen molar-refractivity contribution in [3.63, 3.8) is 0 Å². The summed E-state index contributed by atoms with van der Waals surface area (Å²) in [4.78, 5) is 13.2. The second kappa shape index (κ2) is 5.34. The third-order valence-electron chi connectivity index (χ3n) is 2.62. The Labute approximate surface area is 101 Å². The van der Waals surface area contributed by atoms with Crippen LogP contribution in [0.5, 0.6) is 5.75 Å². The van der Waals surface area contributed by atoms with E-state index in [1.54, 1.807) is 24.5 Å². The molecule has 1 aliphatic rings. The van der Waals surface area contributed by atoms with E-state index < -0.39 is 6.09 Å². The van der Waals surface area contributed by atoms with Gasteiger partial charge in [0.2, 0.25) is 0 Å². The first-order valence-electron chi connectivity index (χ1n) is 5.71. The number of hydrogen-bond acceptors (Lipinski definition) is 2. The van der Waals surface area contributed by atoms with Gasteiger partial charge in [-0.2, -0.15) is 0 Å². The highest BCUT2D eigenvalue weighted by atomic mass is 16.6. The fourth-order valence-corrected chi connectivity index (χ4v) is 1.56. The molecule has 0 saturated carbocycles. The molecule has 1 amide bonds. The van der Waals surface area contributed by atoms with Crippen LogP contribution >= 0.6 is 0 Å². The van der Waals surface area contributed by atoms with Crippen LogP contribution in [0, 0.1) is 5.92 Å². The largest absolute Gasteiger partial charge is 0.423 e. The van der Waals surface area contributed by atoms with Gasteiger partial charge in [0.25, 0.3) is 0 Å². The zero-order valence-corrected chi connectivity index (χ0v) is 9.74. The van der Waals surface area contributed by atoms with E-state index in [-0.39, 0.29) is 0 Å². The maximum atomic E-state index is 11.8. The molecule has 88 valence electrons. The topological polar surface area (TPSA) is 29.5 Å². The maximum Gasteiger partial charge on any atom is 0.423 e. The molecule has 1 aromatic rings. The lowest BCUT2D eigenvalue weighted by Gasteiger charge is -2.18. The highest BCUT2D eigenvalue weighted by Gasteiger charge is 2.14. The first kappa shape index (κ1) is 11.5. The molecule has 0 unspecified atom stereocenters. The van der Waals surface area contributed by atoms with Gasteiger partial charge in [-0.1, -0.05) is 37.3 Å². The molecule has 2 rings (SSSR count). The molecule has 3 heteroatoms. The predicted molar refractivity (Wildman–Crippen MR) is 66.4 cm³/mol. The van der Waals surface area contributed by atoms with Crippen molar-refractivity contribution in [1.29, 1.82) is 0 Å². The Morgan fingerprint density at radius 2 is 1.88 bits per heavy atom. The number of allylic oxidation sites excluding steroid dienone is 2. The maximum absolute atomic E-state index is 11.8. The van der Waals surface area contributed by atoms with Crippen LogP contribution in [0.15, 0.2) is 54.9 Å². The summed E-state index contributed by atoms with van der Waals surface area (Å²) in [6.07, 6.45) is 8.13. The van der Waals surface area contributed by atoms with Gasteiger partial charge in [0.1, 0.15) is 5.75 Å². The molecular formula is C14H15NO2. The van der Waals surface area contributed by atoms with Crippen molar-refractivity contribution in [2.75, 3.05) is 0 Å². The lowest BCUT2D eigenvalue weighted by Crippen LogP contribution is -2.25. The van der Waals surface area contributed by atoms with E-state index >= 15 is 0 Å². The molecule has 17 heavy (non-hydrogen) atoms. The number of amides is 1. The molecule has 0 atom stereocenters. The van der Waals surface area contributed by atoms with E-state index in [0.29, 0.717) is 11.7 Å². The third kappa shape index (κ3) is 2.97. The molecule has 0 saturated heterocycles. The van der Waals surface area contributed by atoms with E-state index in [0.717, 1.165) is 6.42 Å². The minimum Gasteiger partial charge on any atom is -0.410 e. The molecule has 0 aliphatic carbocycles. The summed E-state index contributed by atoms with van der Waals surface area (Å²) >= 11 is 0. The Kier molecular flexibility index (Phi) is 3.60. The molecule has 0 radical (unpaired) electrons. The summed E-state index contributed by atoms with van der Waals surface area (Å²) in [6, 6.07) is 9.05. The Balaban J connectivity index is 1.96. The highest BCUT2D eigenvalue weighted by molar-refractivity contribution is 5.73. The molecule has 1 heterocycles. The molecule has 1 aliphatic heterocycles. The Bertz CT molecular complexity index is 423. The van der Waals surface area contributed by atoms with Crippen molar-refractivity contribution < 1.29 is 9.53 Å². The fourth-order valence-electron chi connectivity index (χ4n) is 1.56. The zero-order chi connectivity index (χ0) is 12.1. The van der Waals surface area contributed by atoms with Gasteiger partial charge in [-0.3, -0.25) is 4.90 Å². The Morgan fingerprint density at radius 3 is 2.47 bits per heavy atom. The predicted octanol–water partition coefficient (Wildman–Crippen LogP) is 3.55. The lowest BCUT2D eigenvalue weighted by atomic mass is 10.1. The smallest absolute Gasteiger partial charge is 0.410 e. The van der Waals surface area contributed by atoms with Gasteiger partial charge < -0.3 is 4.74 Å². The number of para-hydroxylation sites is 1. The van der Waals surface area contributed by atoms with Crippen molar-refractivity contribution in [3.8, 4) is 5.75 Å². The van der Waals surface area contributed by atoms with Crippen molar-refractivity contribution in [2.45, 2.75) is 13.3 Å². The van der Waals surface area contributed by atoms with Crippen molar-refractivity contribution in [3.05, 3.63) is 54.9 Å². The van der Waals surface area contributed by atoms with E-state index in [1.165, 1.54) is 4.90 Å². The summed E-state index contributed by atoms with van der Waals surface area (Å²) in [6.45, 7) is 2.11. The number of rotatable bonds is 2. The van der Waals surface area contributed by atoms with Crippen LogP contribution in [-0.4, -0.2) is 11.0 Å². The van der Waals surface area contributed by atoms with Gasteiger partial charge in [0.15, 0.2) is 0 Å². The van der Waals surface area contributed by atoms with E-state index in [9.17, 15) is 4.79 Å². The SMILES string of the molecule is CCC1C=CN(C(=O)Oc2ccccc2)C=C1. The quantitative estimate of drug-likeness (QED) is 0.776. The number of hydrogen-bond donors (Lipinski definition) is 0. The molecule has 0 aromatic heterocycles. The average molecular weight is 229 g/mol. The number of carbonyl (C=O) groups excluding carboxylic acids is 1. The summed E-state index contributed by atoms with van der Waals surface area (Å²) in [5.74, 6) is 0.965. The zero-order valence-electron chi connectivity index (χ0n) is 9.74. The monoisotopic (exact) mass is 229 g/mol. The van der Waals surface area contributed by atoms with Gasteiger partial charge in [-0.15, -0.1) is 0 Å². The summed E-state index contributed by atoms with van der Waals surface area (Å²) in [5, 5.41) is 0. The first-order chi connectivity index (χ1) is 8.29. The minimum absolute atomic E-state index is 0.391. The average Bonchev–Trinajstić information content (AvgIpc) is 2.40. The lowest BCUT2D eigenvalue weighted by molar-refractivity contribution is 0.181. The first-order valence-corrected chi connectivity index (χ1v) is 5.71. The van der Waals surface area contributed by atoms with Crippen molar-refractivity contribution in [1.82, 2.24) is 4.90 Å². The fraction of sp³-hybridized carbons (Fsp3) is 0.214. The van der Waals surface area contributed by atoms with Crippen LogP contribution in [0.2, 0.25) is 0 Å². The van der Waals surface area contributed by atoms with Crippen LogP contribution in [-0.2, 0) is 0 Å². The number of carbonyl (C=O) groups is 1. The van der Waals surface area contributed by atoms with Crippen LogP contribution in [0.25, 0.3) is 0 Å². The molecule has 0 fully saturated rings. The molecule has 0 N–H and O–H groups in total. The highest BCUT2D eigenvalue weighted by Crippen LogP contribution is 2.16. The summed E-state index contributed by atoms with van der Waals surface area (Å²) in [5.41, 5.74) is 0. The van der Waals surface area contributed by atoms with Crippen LogP contribution < -0.4 is 4.74 Å². The Morgan fingerprint density at radius 1 is 1.24 bits per heavy atom. The Hall–Kier alpha value is -2.03. The molecule has 0 bridgehead atoms. The second-order valence-electron chi connectivity index (χ2n) is 3.84. The summed E-state index contributed by atoms with van der Waals surface area (Å²) in [7, 11) is 0.